The molecule has 0 saturated heterocycles. The summed E-state index contributed by atoms with van der Waals surface area (Å²) in [7, 11) is 5.03. The molecule has 1 aliphatic rings. The normalized spacial score (nSPS) is 13.8. The fourth-order valence-corrected chi connectivity index (χ4v) is 4.07. The molecule has 2 aromatic rings. The van der Waals surface area contributed by atoms with Crippen LogP contribution in [0.1, 0.15) is 47.3 Å². The highest BCUT2D eigenvalue weighted by molar-refractivity contribution is 5.96. The van der Waals surface area contributed by atoms with E-state index in [0.29, 0.717) is 18.9 Å². The van der Waals surface area contributed by atoms with Crippen LogP contribution in [0.5, 0.6) is 11.5 Å². The Labute approximate surface area is 185 Å². The molecular formula is C25H34N2O4. The monoisotopic (exact) mass is 426 g/mol. The number of rotatable bonds is 9. The molecule has 0 aromatic heterocycles. The van der Waals surface area contributed by atoms with Gasteiger partial charge in [0.15, 0.2) is 11.5 Å². The zero-order valence-electron chi connectivity index (χ0n) is 19.3. The van der Waals surface area contributed by atoms with Crippen molar-refractivity contribution in [2.75, 3.05) is 34.4 Å². The maximum absolute atomic E-state index is 13.0. The van der Waals surface area contributed by atoms with Crippen LogP contribution < -0.4 is 4.74 Å². The molecule has 1 amide bonds. The van der Waals surface area contributed by atoms with Crippen LogP contribution in [0.4, 0.5) is 0 Å². The number of aryl methyl sites for hydroxylation is 1. The largest absolute Gasteiger partial charge is 0.504 e. The third kappa shape index (κ3) is 5.20. The molecule has 0 unspecified atom stereocenters. The summed E-state index contributed by atoms with van der Waals surface area (Å²) in [4.78, 5) is 17.2. The molecule has 6 nitrogen and oxygen atoms in total. The molecule has 0 aliphatic carbocycles. The molecule has 0 radical (unpaired) electrons. The molecule has 1 N–H and O–H groups in total. The van der Waals surface area contributed by atoms with Crippen LogP contribution in [0.2, 0.25) is 0 Å². The number of phenols is 1. The number of nitrogens with zero attached hydrogens (tertiary/aromatic N) is 2. The van der Waals surface area contributed by atoms with E-state index < -0.39 is 0 Å². The Hall–Kier alpha value is -2.57. The molecule has 6 heteroatoms. The van der Waals surface area contributed by atoms with E-state index in [1.165, 1.54) is 5.56 Å². The van der Waals surface area contributed by atoms with Crippen LogP contribution in [0.15, 0.2) is 36.4 Å². The van der Waals surface area contributed by atoms with Crippen molar-refractivity contribution in [1.82, 2.24) is 9.80 Å². The van der Waals surface area contributed by atoms with Crippen molar-refractivity contribution in [1.29, 1.82) is 0 Å². The van der Waals surface area contributed by atoms with Gasteiger partial charge in [0, 0.05) is 44.9 Å². The predicted octanol–water partition coefficient (Wildman–Crippen LogP) is 3.85. The molecule has 0 bridgehead atoms. The van der Waals surface area contributed by atoms with E-state index in [4.69, 9.17) is 9.47 Å². The average molecular weight is 427 g/mol. The molecular weight excluding hydrogens is 392 g/mol. The minimum atomic E-state index is -0.0492. The van der Waals surface area contributed by atoms with Crippen LogP contribution in [-0.4, -0.2) is 60.8 Å². The van der Waals surface area contributed by atoms with E-state index in [1.807, 2.05) is 31.3 Å². The van der Waals surface area contributed by atoms with E-state index >= 15 is 0 Å². The van der Waals surface area contributed by atoms with Gasteiger partial charge in [0.2, 0.25) is 0 Å². The standard InChI is InChI=1S/C25H34N2O4/c1-25(2,12-11-18-9-10-22(28)23(15-18)31-5)27-16-19-7-6-8-20(21(19)17-27)24(29)26(3)13-14-30-4/h6-10,15,28H,11-14,16-17H2,1-5H3. The van der Waals surface area contributed by atoms with E-state index in [1.54, 1.807) is 25.2 Å². The minimum absolute atomic E-state index is 0.0461. The van der Waals surface area contributed by atoms with Crippen molar-refractivity contribution >= 4 is 5.91 Å². The predicted molar refractivity (Wildman–Crippen MR) is 122 cm³/mol. The number of hydrogen-bond donors (Lipinski definition) is 1. The first kappa shape index (κ1) is 23.1. The summed E-state index contributed by atoms with van der Waals surface area (Å²) in [5, 5.41) is 9.82. The second-order valence-electron chi connectivity index (χ2n) is 8.84. The molecule has 0 spiro atoms. The fourth-order valence-electron chi connectivity index (χ4n) is 4.07. The lowest BCUT2D eigenvalue weighted by Crippen LogP contribution is -2.40. The maximum atomic E-state index is 13.0. The Kier molecular flexibility index (Phi) is 7.23. The number of ether oxygens (including phenoxy) is 2. The van der Waals surface area contributed by atoms with Crippen LogP contribution >= 0.6 is 0 Å². The first-order valence-corrected chi connectivity index (χ1v) is 10.7. The number of fused-ring (bicyclic) bond motifs is 1. The molecule has 168 valence electrons. The van der Waals surface area contributed by atoms with Gasteiger partial charge in [-0.25, -0.2) is 0 Å². The van der Waals surface area contributed by atoms with E-state index in [-0.39, 0.29) is 17.2 Å². The molecule has 2 aromatic carbocycles. The topological polar surface area (TPSA) is 62.2 Å². The molecule has 3 rings (SSSR count). The van der Waals surface area contributed by atoms with Crippen molar-refractivity contribution < 1.29 is 19.4 Å². The zero-order chi connectivity index (χ0) is 22.6. The summed E-state index contributed by atoms with van der Waals surface area (Å²) in [6.07, 6.45) is 1.83. The lowest BCUT2D eigenvalue weighted by Gasteiger charge is -2.35. The number of benzene rings is 2. The number of carbonyl (C=O) groups is 1. The van der Waals surface area contributed by atoms with Gasteiger partial charge in [-0.3, -0.25) is 9.69 Å². The highest BCUT2D eigenvalue weighted by Gasteiger charge is 2.34. The summed E-state index contributed by atoms with van der Waals surface area (Å²) in [6, 6.07) is 11.6. The molecule has 1 heterocycles. The Morgan fingerprint density at radius 3 is 2.68 bits per heavy atom. The number of methoxy groups -OCH3 is 2. The minimum Gasteiger partial charge on any atom is -0.504 e. The summed E-state index contributed by atoms with van der Waals surface area (Å²) in [5.41, 5.74) is 4.24. The number of amides is 1. The highest BCUT2D eigenvalue weighted by Crippen LogP contribution is 2.35. The van der Waals surface area contributed by atoms with Crippen LogP contribution in [0.3, 0.4) is 0 Å². The first-order chi connectivity index (χ1) is 14.8. The van der Waals surface area contributed by atoms with Crippen LogP contribution in [0, 0.1) is 0 Å². The van der Waals surface area contributed by atoms with Crippen LogP contribution in [0.25, 0.3) is 0 Å². The number of hydrogen-bond acceptors (Lipinski definition) is 5. The zero-order valence-corrected chi connectivity index (χ0v) is 19.3. The number of aromatic hydroxyl groups is 1. The molecule has 0 saturated carbocycles. The summed E-state index contributed by atoms with van der Waals surface area (Å²) in [5.74, 6) is 0.711. The third-order valence-electron chi connectivity index (χ3n) is 6.32. The number of phenolic OH excluding ortho intramolecular Hbond substituents is 1. The van der Waals surface area contributed by atoms with Gasteiger partial charge in [-0.1, -0.05) is 18.2 Å². The van der Waals surface area contributed by atoms with Crippen molar-refractivity contribution in [3.63, 3.8) is 0 Å². The van der Waals surface area contributed by atoms with Crippen molar-refractivity contribution in [2.45, 2.75) is 45.3 Å². The van der Waals surface area contributed by atoms with E-state index in [9.17, 15) is 9.90 Å². The van der Waals surface area contributed by atoms with Crippen LogP contribution in [-0.2, 0) is 24.2 Å². The third-order valence-corrected chi connectivity index (χ3v) is 6.32. The molecule has 1 aliphatic heterocycles. The maximum Gasteiger partial charge on any atom is 0.254 e. The van der Waals surface area contributed by atoms with Crippen molar-refractivity contribution in [3.8, 4) is 11.5 Å². The summed E-state index contributed by atoms with van der Waals surface area (Å²) in [6.45, 7) is 7.21. The van der Waals surface area contributed by atoms with Gasteiger partial charge >= 0.3 is 0 Å². The Morgan fingerprint density at radius 2 is 1.97 bits per heavy atom. The molecule has 31 heavy (non-hydrogen) atoms. The number of likely N-dealkylation sites (N-methyl/N-ethyl adjacent to an activating group) is 1. The van der Waals surface area contributed by atoms with Crippen molar-refractivity contribution in [3.05, 3.63) is 58.7 Å². The van der Waals surface area contributed by atoms with Gasteiger partial charge in [-0.05, 0) is 61.6 Å². The van der Waals surface area contributed by atoms with Gasteiger partial charge in [0.1, 0.15) is 0 Å². The Balaban J connectivity index is 1.70. The highest BCUT2D eigenvalue weighted by atomic mass is 16.5. The second-order valence-corrected chi connectivity index (χ2v) is 8.84. The first-order valence-electron chi connectivity index (χ1n) is 10.7. The Bertz CT molecular complexity index is 926. The van der Waals surface area contributed by atoms with Gasteiger partial charge in [-0.15, -0.1) is 0 Å². The SMILES string of the molecule is COCCN(C)C(=O)c1cccc2c1CN(C(C)(C)CCc1ccc(O)c(OC)c1)C2. The van der Waals surface area contributed by atoms with Gasteiger partial charge in [0.25, 0.3) is 5.91 Å². The van der Waals surface area contributed by atoms with Gasteiger partial charge < -0.3 is 19.5 Å². The Morgan fingerprint density at radius 1 is 1.19 bits per heavy atom. The summed E-state index contributed by atoms with van der Waals surface area (Å²) < 4.78 is 10.3. The van der Waals surface area contributed by atoms with Gasteiger partial charge in [-0.2, -0.15) is 0 Å². The molecule has 0 fully saturated rings. The average Bonchev–Trinajstić information content (AvgIpc) is 3.22. The lowest BCUT2D eigenvalue weighted by molar-refractivity contribution is 0.0740. The van der Waals surface area contributed by atoms with Crippen molar-refractivity contribution in [2.24, 2.45) is 0 Å². The van der Waals surface area contributed by atoms with Gasteiger partial charge in [0.05, 0.1) is 13.7 Å². The molecule has 0 atom stereocenters. The summed E-state index contributed by atoms with van der Waals surface area (Å²) >= 11 is 0. The smallest absolute Gasteiger partial charge is 0.254 e. The number of carbonyl (C=O) groups excluding carboxylic acids is 1. The van der Waals surface area contributed by atoms with E-state index in [2.05, 4.69) is 24.8 Å². The fraction of sp³-hybridized carbons (Fsp3) is 0.480. The lowest BCUT2D eigenvalue weighted by atomic mass is 9.93. The quantitative estimate of drug-likeness (QED) is 0.660. The van der Waals surface area contributed by atoms with E-state index in [0.717, 1.165) is 42.6 Å². The second kappa shape index (κ2) is 9.71.